The first-order valence-corrected chi connectivity index (χ1v) is 13.6. The molecule has 1 saturated heterocycles. The molecule has 0 bridgehead atoms. The van der Waals surface area contributed by atoms with Gasteiger partial charge in [0.25, 0.3) is 0 Å². The summed E-state index contributed by atoms with van der Waals surface area (Å²) in [6.07, 6.45) is 5.21. The number of nitrogens with one attached hydrogen (secondary N) is 1. The number of hydrogen-bond acceptors (Lipinski definition) is 8. The maximum atomic E-state index is 13.2. The maximum absolute atomic E-state index is 13.2. The number of fused-ring (bicyclic) bond motifs is 3. The van der Waals surface area contributed by atoms with Crippen LogP contribution >= 0.6 is 0 Å². The van der Waals surface area contributed by atoms with Crippen LogP contribution in [0.2, 0.25) is 0 Å². The number of hydrogen-bond donors (Lipinski definition) is 3. The van der Waals surface area contributed by atoms with Gasteiger partial charge >= 0.3 is 0 Å². The van der Waals surface area contributed by atoms with E-state index in [2.05, 4.69) is 15.4 Å². The number of nitrogens with zero attached hydrogens (tertiary/aromatic N) is 5. The van der Waals surface area contributed by atoms with Crippen molar-refractivity contribution >= 4 is 23.2 Å². The fourth-order valence-electron chi connectivity index (χ4n) is 5.62. The smallest absolute Gasteiger partial charge is 0.233 e. The van der Waals surface area contributed by atoms with Crippen molar-refractivity contribution < 1.29 is 19.8 Å². The van der Waals surface area contributed by atoms with Crippen molar-refractivity contribution in [2.24, 2.45) is 5.41 Å². The number of carbonyl (C=O) groups is 2. The number of amides is 1. The molecule has 10 nitrogen and oxygen atoms in total. The number of benzene rings is 1. The van der Waals surface area contributed by atoms with Crippen molar-refractivity contribution in [1.82, 2.24) is 24.5 Å². The molecule has 2 aliphatic rings. The van der Waals surface area contributed by atoms with Gasteiger partial charge in [0.05, 0.1) is 41.8 Å². The molecule has 4 aromatic rings. The van der Waals surface area contributed by atoms with Crippen LogP contribution in [0.4, 0.5) is 5.82 Å². The van der Waals surface area contributed by atoms with Crippen LogP contribution in [-0.4, -0.2) is 79.2 Å². The molecule has 40 heavy (non-hydrogen) atoms. The van der Waals surface area contributed by atoms with Crippen LogP contribution in [0.5, 0.6) is 0 Å². The number of likely N-dealkylation sites (tertiary alicyclic amines) is 1. The molecule has 5 heterocycles. The second kappa shape index (κ2) is 10.4. The highest BCUT2D eigenvalue weighted by molar-refractivity contribution is 6.04. The average Bonchev–Trinajstić information content (AvgIpc) is 3.45. The number of piperidine rings is 1. The Morgan fingerprint density at radius 2 is 1.80 bits per heavy atom. The quantitative estimate of drug-likeness (QED) is 0.340. The summed E-state index contributed by atoms with van der Waals surface area (Å²) in [6, 6.07) is 14.0. The lowest BCUT2D eigenvalue weighted by molar-refractivity contribution is -0.147. The summed E-state index contributed by atoms with van der Waals surface area (Å²) in [5, 5.41) is 27.3. The number of ketones is 1. The highest BCUT2D eigenvalue weighted by atomic mass is 16.3. The number of anilines is 1. The van der Waals surface area contributed by atoms with E-state index in [1.54, 1.807) is 22.5 Å². The molecule has 0 radical (unpaired) electrons. The number of aliphatic hydroxyl groups is 2. The van der Waals surface area contributed by atoms with E-state index < -0.39 is 18.6 Å². The largest absolute Gasteiger partial charge is 0.395 e. The summed E-state index contributed by atoms with van der Waals surface area (Å²) < 4.78 is 1.71. The molecule has 0 aliphatic carbocycles. The van der Waals surface area contributed by atoms with Crippen molar-refractivity contribution in [1.29, 1.82) is 0 Å². The Morgan fingerprint density at radius 3 is 2.48 bits per heavy atom. The Morgan fingerprint density at radius 1 is 1.05 bits per heavy atom. The lowest BCUT2D eigenvalue weighted by atomic mass is 9.85. The molecule has 0 saturated carbocycles. The van der Waals surface area contributed by atoms with Crippen LogP contribution in [-0.2, 0) is 4.79 Å². The Bertz CT molecular complexity index is 1550. The lowest BCUT2D eigenvalue weighted by Gasteiger charge is -2.37. The zero-order chi connectivity index (χ0) is 27.9. The van der Waals surface area contributed by atoms with E-state index >= 15 is 0 Å². The SMILES string of the molecule is CC(CO)(CO)C(=O)N1CCC(c2nc3c(-c4ccc(-c5ccccc5)nc4)cnn3c3c2C(=O)CCN3)CC1. The van der Waals surface area contributed by atoms with Gasteiger partial charge in [0.1, 0.15) is 5.82 Å². The van der Waals surface area contributed by atoms with Gasteiger partial charge in [0.2, 0.25) is 5.91 Å². The van der Waals surface area contributed by atoms with Gasteiger partial charge in [-0.1, -0.05) is 36.4 Å². The van der Waals surface area contributed by atoms with Crippen molar-refractivity contribution in [2.45, 2.75) is 32.1 Å². The zero-order valence-corrected chi connectivity index (χ0v) is 22.4. The van der Waals surface area contributed by atoms with Crippen LogP contribution in [0.1, 0.15) is 48.2 Å². The van der Waals surface area contributed by atoms with E-state index in [0.717, 1.165) is 28.1 Å². The second-order valence-electron chi connectivity index (χ2n) is 10.9. The van der Waals surface area contributed by atoms with Gasteiger partial charge in [0.15, 0.2) is 11.4 Å². The first-order valence-electron chi connectivity index (χ1n) is 13.6. The van der Waals surface area contributed by atoms with Crippen LogP contribution in [0.3, 0.4) is 0 Å². The molecule has 1 amide bonds. The number of aromatic nitrogens is 4. The van der Waals surface area contributed by atoms with Crippen molar-refractivity contribution in [3.05, 3.63) is 66.1 Å². The number of carbonyl (C=O) groups excluding carboxylic acids is 2. The molecular weight excluding hydrogens is 508 g/mol. The molecule has 6 rings (SSSR count). The predicted octanol–water partition coefficient (Wildman–Crippen LogP) is 3.15. The van der Waals surface area contributed by atoms with Gasteiger partial charge in [-0.3, -0.25) is 14.6 Å². The Labute approximate surface area is 231 Å². The first-order chi connectivity index (χ1) is 19.4. The van der Waals surface area contributed by atoms with Crippen LogP contribution in [0.25, 0.3) is 28.0 Å². The van der Waals surface area contributed by atoms with Crippen LogP contribution < -0.4 is 5.32 Å². The molecule has 3 aromatic heterocycles. The fraction of sp³-hybridized carbons (Fsp3) is 0.367. The topological polar surface area (TPSA) is 133 Å². The maximum Gasteiger partial charge on any atom is 0.233 e. The van der Waals surface area contributed by atoms with E-state index in [-0.39, 0.29) is 17.6 Å². The molecule has 0 spiro atoms. The highest BCUT2D eigenvalue weighted by Crippen LogP contribution is 2.38. The van der Waals surface area contributed by atoms with E-state index in [0.29, 0.717) is 55.9 Å². The number of rotatable bonds is 6. The molecule has 3 N–H and O–H groups in total. The molecule has 2 aliphatic heterocycles. The average molecular weight is 541 g/mol. The van der Waals surface area contributed by atoms with Crippen molar-refractivity contribution in [2.75, 3.05) is 38.2 Å². The molecular formula is C30H32N6O4. The third-order valence-electron chi connectivity index (χ3n) is 8.13. The molecule has 0 atom stereocenters. The second-order valence-corrected chi connectivity index (χ2v) is 10.9. The first kappa shape index (κ1) is 26.1. The predicted molar refractivity (Wildman–Crippen MR) is 150 cm³/mol. The monoisotopic (exact) mass is 540 g/mol. The van der Waals surface area contributed by atoms with E-state index in [1.807, 2.05) is 48.7 Å². The van der Waals surface area contributed by atoms with Crippen LogP contribution in [0.15, 0.2) is 54.9 Å². The van der Waals surface area contributed by atoms with E-state index in [1.165, 1.54) is 0 Å². The van der Waals surface area contributed by atoms with Gasteiger partial charge in [-0.25, -0.2) is 4.98 Å². The number of aliphatic hydroxyl groups excluding tert-OH is 2. The van der Waals surface area contributed by atoms with Crippen molar-refractivity contribution in [3.63, 3.8) is 0 Å². The van der Waals surface area contributed by atoms with Gasteiger partial charge in [-0.15, -0.1) is 0 Å². The third kappa shape index (κ3) is 4.43. The zero-order valence-electron chi connectivity index (χ0n) is 22.4. The summed E-state index contributed by atoms with van der Waals surface area (Å²) in [4.78, 5) is 37.6. The van der Waals surface area contributed by atoms with E-state index in [9.17, 15) is 19.8 Å². The third-order valence-corrected chi connectivity index (χ3v) is 8.13. The minimum atomic E-state index is -1.21. The standard InChI is InChI=1S/C30H32N6O4/c1-30(17-37,18-38)29(40)35-13-10-20(11-14-35)26-25-24(39)9-12-31-28(25)36-27(34-26)22(16-33-36)21-7-8-23(32-15-21)19-5-3-2-4-6-19/h2-8,15-16,20,31,37-38H,9-14,17-18H2,1H3. The summed E-state index contributed by atoms with van der Waals surface area (Å²) in [5.41, 5.74) is 4.36. The number of pyridine rings is 1. The molecule has 0 unspecified atom stereocenters. The Balaban J connectivity index is 1.35. The minimum Gasteiger partial charge on any atom is -0.395 e. The van der Waals surface area contributed by atoms with E-state index in [4.69, 9.17) is 4.98 Å². The molecule has 1 fully saturated rings. The van der Waals surface area contributed by atoms with Crippen molar-refractivity contribution in [3.8, 4) is 22.4 Å². The summed E-state index contributed by atoms with van der Waals surface area (Å²) in [6.45, 7) is 2.18. The van der Waals surface area contributed by atoms with Gasteiger partial charge in [-0.2, -0.15) is 9.61 Å². The van der Waals surface area contributed by atoms with Gasteiger partial charge in [0, 0.05) is 54.9 Å². The van der Waals surface area contributed by atoms with Gasteiger partial charge < -0.3 is 20.4 Å². The fourth-order valence-corrected chi connectivity index (χ4v) is 5.62. The number of Topliss-reactive ketones (excluding diaryl/α,β-unsaturated/α-hetero) is 1. The lowest BCUT2D eigenvalue weighted by Crippen LogP contribution is -2.49. The molecule has 206 valence electrons. The Kier molecular flexibility index (Phi) is 6.81. The summed E-state index contributed by atoms with van der Waals surface area (Å²) in [7, 11) is 0. The molecule has 1 aromatic carbocycles. The highest BCUT2D eigenvalue weighted by Gasteiger charge is 2.39. The normalized spacial score (nSPS) is 16.2. The molecule has 10 heteroatoms. The van der Waals surface area contributed by atoms with Crippen LogP contribution in [0, 0.1) is 5.41 Å². The minimum absolute atomic E-state index is 0.0255. The summed E-state index contributed by atoms with van der Waals surface area (Å²) in [5.74, 6) is 0.407. The van der Waals surface area contributed by atoms with Gasteiger partial charge in [-0.05, 0) is 25.8 Å². The Hall–Kier alpha value is -4.15. The summed E-state index contributed by atoms with van der Waals surface area (Å²) >= 11 is 0.